The number of aliphatic hydroxyl groups is 1. The van der Waals surface area contributed by atoms with Gasteiger partial charge in [-0.15, -0.1) is 0 Å². The first kappa shape index (κ1) is 19.2. The number of imide groups is 1. The van der Waals surface area contributed by atoms with Gasteiger partial charge in [-0.3, -0.25) is 9.69 Å². The highest BCUT2D eigenvalue weighted by molar-refractivity contribution is 6.31. The van der Waals surface area contributed by atoms with Crippen molar-refractivity contribution < 1.29 is 19.4 Å². The van der Waals surface area contributed by atoms with Gasteiger partial charge in [0.25, 0.3) is 5.91 Å². The Morgan fingerprint density at radius 1 is 1.19 bits per heavy atom. The molecule has 2 aromatic carbocycles. The molecule has 2 atom stereocenters. The van der Waals surface area contributed by atoms with Crippen molar-refractivity contribution in [1.29, 1.82) is 0 Å². The van der Waals surface area contributed by atoms with Crippen LogP contribution in [-0.2, 0) is 10.3 Å². The number of urea groups is 1. The summed E-state index contributed by atoms with van der Waals surface area (Å²) in [4.78, 5) is 26.7. The average Bonchev–Trinajstić information content (AvgIpc) is 2.93. The molecule has 2 N–H and O–H groups in total. The molecule has 1 aliphatic heterocycles. The summed E-state index contributed by atoms with van der Waals surface area (Å²) < 4.78 is 5.15. The third kappa shape index (κ3) is 3.38. The number of carbonyl (C=O) groups excluding carboxylic acids is 2. The molecule has 7 heteroatoms. The Morgan fingerprint density at radius 2 is 1.85 bits per heavy atom. The number of methoxy groups -OCH3 is 1. The summed E-state index contributed by atoms with van der Waals surface area (Å²) in [6.45, 7) is 1.66. The molecule has 0 spiro atoms. The summed E-state index contributed by atoms with van der Waals surface area (Å²) in [5.74, 6) is 0.263. The monoisotopic (exact) mass is 388 g/mol. The number of benzene rings is 2. The molecule has 0 bridgehead atoms. The Bertz CT molecular complexity index is 855. The summed E-state index contributed by atoms with van der Waals surface area (Å²) in [6, 6.07) is 13.3. The molecule has 1 aliphatic rings. The molecule has 0 aliphatic carbocycles. The lowest BCUT2D eigenvalue weighted by Gasteiger charge is -2.26. The second kappa shape index (κ2) is 7.58. The number of ether oxygens (including phenoxy) is 1. The van der Waals surface area contributed by atoms with Crippen molar-refractivity contribution in [2.24, 2.45) is 0 Å². The summed E-state index contributed by atoms with van der Waals surface area (Å²) in [5, 5.41) is 13.7. The van der Waals surface area contributed by atoms with Crippen molar-refractivity contribution in [2.45, 2.75) is 25.0 Å². The highest BCUT2D eigenvalue weighted by atomic mass is 35.5. The quantitative estimate of drug-likeness (QED) is 0.744. The van der Waals surface area contributed by atoms with E-state index in [2.05, 4.69) is 5.32 Å². The zero-order valence-corrected chi connectivity index (χ0v) is 15.9. The van der Waals surface area contributed by atoms with Gasteiger partial charge < -0.3 is 15.2 Å². The number of aliphatic hydroxyl groups excluding tert-OH is 1. The summed E-state index contributed by atoms with van der Waals surface area (Å²) >= 11 is 6.11. The Balaban J connectivity index is 1.87. The summed E-state index contributed by atoms with van der Waals surface area (Å²) in [5.41, 5.74) is -0.0269. The number of hydrogen-bond donors (Lipinski definition) is 2. The van der Waals surface area contributed by atoms with Crippen LogP contribution in [0.3, 0.4) is 0 Å². The van der Waals surface area contributed by atoms with Gasteiger partial charge in [-0.2, -0.15) is 0 Å². The highest BCUT2D eigenvalue weighted by Gasteiger charge is 2.51. The minimum Gasteiger partial charge on any atom is -0.497 e. The Hall–Kier alpha value is -2.57. The zero-order chi connectivity index (χ0) is 19.6. The van der Waals surface area contributed by atoms with E-state index in [-0.39, 0.29) is 6.54 Å². The van der Waals surface area contributed by atoms with E-state index in [9.17, 15) is 14.7 Å². The number of hydrogen-bond acceptors (Lipinski definition) is 4. The number of carbonyl (C=O) groups is 2. The molecular formula is C20H21ClN2O4. The maximum absolute atomic E-state index is 13.1. The standard InChI is InChI=1S/C20H21ClN2O4/c1-3-20(13-8-10-14(27-2)11-9-13)18(25)23(19(26)22-20)12-17(24)15-6-4-5-7-16(15)21/h4-11,17,24H,3,12H2,1-2H3,(H,22,26). The Labute approximate surface area is 162 Å². The van der Waals surface area contributed by atoms with Crippen LogP contribution in [0, 0.1) is 0 Å². The van der Waals surface area contributed by atoms with E-state index < -0.39 is 23.6 Å². The minimum atomic E-state index is -1.16. The fourth-order valence-corrected chi connectivity index (χ4v) is 3.59. The molecule has 1 saturated heterocycles. The first-order chi connectivity index (χ1) is 12.9. The van der Waals surface area contributed by atoms with Crippen LogP contribution in [0.25, 0.3) is 0 Å². The van der Waals surface area contributed by atoms with Crippen molar-refractivity contribution in [1.82, 2.24) is 10.2 Å². The van der Waals surface area contributed by atoms with Gasteiger partial charge in [-0.05, 0) is 30.2 Å². The second-order valence-corrected chi connectivity index (χ2v) is 6.78. The predicted octanol–water partition coefficient (Wildman–Crippen LogP) is 3.24. The first-order valence-corrected chi connectivity index (χ1v) is 9.02. The Morgan fingerprint density at radius 3 is 2.44 bits per heavy atom. The molecule has 0 aromatic heterocycles. The molecule has 27 heavy (non-hydrogen) atoms. The van der Waals surface area contributed by atoms with Gasteiger partial charge >= 0.3 is 6.03 Å². The predicted molar refractivity (Wildman–Crippen MR) is 102 cm³/mol. The van der Waals surface area contributed by atoms with Gasteiger partial charge in [0.2, 0.25) is 0 Å². The highest BCUT2D eigenvalue weighted by Crippen LogP contribution is 2.34. The lowest BCUT2D eigenvalue weighted by molar-refractivity contribution is -0.132. The summed E-state index contributed by atoms with van der Waals surface area (Å²) in [6.07, 6.45) is -0.695. The van der Waals surface area contributed by atoms with Crippen molar-refractivity contribution in [3.63, 3.8) is 0 Å². The van der Waals surface area contributed by atoms with Crippen LogP contribution >= 0.6 is 11.6 Å². The second-order valence-electron chi connectivity index (χ2n) is 6.37. The van der Waals surface area contributed by atoms with Gasteiger partial charge in [0.05, 0.1) is 19.8 Å². The van der Waals surface area contributed by atoms with E-state index in [1.807, 2.05) is 6.92 Å². The molecular weight excluding hydrogens is 368 g/mol. The SMILES string of the molecule is CCC1(c2ccc(OC)cc2)NC(=O)N(CC(O)c2ccccc2Cl)C1=O. The van der Waals surface area contributed by atoms with Crippen molar-refractivity contribution in [3.05, 3.63) is 64.7 Å². The maximum Gasteiger partial charge on any atom is 0.325 e. The normalized spacial score (nSPS) is 20.5. The summed E-state index contributed by atoms with van der Waals surface area (Å²) in [7, 11) is 1.56. The molecule has 3 rings (SSSR count). The number of amides is 3. The van der Waals surface area contributed by atoms with Gasteiger partial charge in [-0.1, -0.05) is 48.9 Å². The Kier molecular flexibility index (Phi) is 5.39. The van der Waals surface area contributed by atoms with Crippen LogP contribution in [0.4, 0.5) is 4.79 Å². The molecule has 3 amide bonds. The van der Waals surface area contributed by atoms with Crippen LogP contribution in [0.2, 0.25) is 5.02 Å². The van der Waals surface area contributed by atoms with E-state index in [0.29, 0.717) is 28.3 Å². The number of β-amino-alcohol motifs (C(OH)–C–C–N with tert-alkyl or cyclic N) is 1. The molecule has 0 saturated carbocycles. The van der Waals surface area contributed by atoms with Crippen molar-refractivity contribution in [2.75, 3.05) is 13.7 Å². The molecule has 1 heterocycles. The largest absolute Gasteiger partial charge is 0.497 e. The number of halogens is 1. The lowest BCUT2D eigenvalue weighted by Crippen LogP contribution is -2.43. The minimum absolute atomic E-state index is 0.174. The number of nitrogens with one attached hydrogen (secondary N) is 1. The van der Waals surface area contributed by atoms with Gasteiger partial charge in [0.15, 0.2) is 0 Å². The van der Waals surface area contributed by atoms with Crippen LogP contribution in [0.1, 0.15) is 30.6 Å². The zero-order valence-electron chi connectivity index (χ0n) is 15.1. The van der Waals surface area contributed by atoms with Crippen LogP contribution in [-0.4, -0.2) is 35.6 Å². The van der Waals surface area contributed by atoms with Crippen LogP contribution < -0.4 is 10.1 Å². The van der Waals surface area contributed by atoms with E-state index in [4.69, 9.17) is 16.3 Å². The fourth-order valence-electron chi connectivity index (χ4n) is 3.32. The molecule has 1 fully saturated rings. The third-order valence-corrected chi connectivity index (χ3v) is 5.25. The third-order valence-electron chi connectivity index (χ3n) is 4.91. The maximum atomic E-state index is 13.1. The van der Waals surface area contributed by atoms with Gasteiger partial charge in [-0.25, -0.2) is 4.79 Å². The molecule has 6 nitrogen and oxygen atoms in total. The van der Waals surface area contributed by atoms with Gasteiger partial charge in [0.1, 0.15) is 11.3 Å². The molecule has 0 radical (unpaired) electrons. The van der Waals surface area contributed by atoms with E-state index in [0.717, 1.165) is 4.90 Å². The van der Waals surface area contributed by atoms with Crippen molar-refractivity contribution >= 4 is 23.5 Å². The molecule has 2 aromatic rings. The number of nitrogens with zero attached hydrogens (tertiary/aromatic N) is 1. The van der Waals surface area contributed by atoms with E-state index in [1.165, 1.54) is 0 Å². The fraction of sp³-hybridized carbons (Fsp3) is 0.300. The van der Waals surface area contributed by atoms with Crippen LogP contribution in [0.5, 0.6) is 5.75 Å². The van der Waals surface area contributed by atoms with Gasteiger partial charge in [0, 0.05) is 10.6 Å². The lowest BCUT2D eigenvalue weighted by atomic mass is 9.87. The molecule has 2 unspecified atom stereocenters. The molecule has 142 valence electrons. The average molecular weight is 389 g/mol. The first-order valence-electron chi connectivity index (χ1n) is 8.64. The smallest absolute Gasteiger partial charge is 0.325 e. The van der Waals surface area contributed by atoms with E-state index >= 15 is 0 Å². The van der Waals surface area contributed by atoms with Crippen molar-refractivity contribution in [3.8, 4) is 5.75 Å². The van der Waals surface area contributed by atoms with E-state index in [1.54, 1.807) is 55.6 Å². The number of rotatable bonds is 6. The topological polar surface area (TPSA) is 78.9 Å². The van der Waals surface area contributed by atoms with Crippen LogP contribution in [0.15, 0.2) is 48.5 Å².